The van der Waals surface area contributed by atoms with Crippen molar-refractivity contribution in [3.8, 4) is 11.1 Å². The van der Waals surface area contributed by atoms with Crippen LogP contribution in [0.15, 0.2) is 52.9 Å². The maximum absolute atomic E-state index is 13.0. The molecular weight excluding hydrogens is 462 g/mol. The highest BCUT2D eigenvalue weighted by Gasteiger charge is 2.23. The van der Waals surface area contributed by atoms with E-state index in [1.165, 1.54) is 28.7 Å². The number of thiophene rings is 1. The molecule has 0 fully saturated rings. The zero-order valence-electron chi connectivity index (χ0n) is 19.9. The second-order valence-corrected chi connectivity index (χ2v) is 10.8. The van der Waals surface area contributed by atoms with Gasteiger partial charge in [-0.05, 0) is 63.4 Å². The monoisotopic (exact) mass is 489 g/mol. The van der Waals surface area contributed by atoms with Gasteiger partial charge in [0.1, 0.15) is 5.00 Å². The number of benzene rings is 2. The third-order valence-electron chi connectivity index (χ3n) is 5.74. The van der Waals surface area contributed by atoms with Crippen molar-refractivity contribution in [2.45, 2.75) is 44.9 Å². The van der Waals surface area contributed by atoms with Crippen molar-refractivity contribution in [3.05, 3.63) is 75.7 Å². The molecule has 0 aliphatic carbocycles. The van der Waals surface area contributed by atoms with Gasteiger partial charge >= 0.3 is 0 Å². The van der Waals surface area contributed by atoms with Gasteiger partial charge in [0.05, 0.1) is 21.4 Å². The fourth-order valence-electron chi connectivity index (χ4n) is 3.96. The number of carbonyl (C=O) groups excluding carboxylic acids is 2. The topological polar surface area (TPSA) is 85.1 Å². The molecule has 5 nitrogen and oxygen atoms in total. The molecule has 2 aromatic heterocycles. The quantitative estimate of drug-likeness (QED) is 0.306. The van der Waals surface area contributed by atoms with Gasteiger partial charge in [0.25, 0.3) is 5.91 Å². The van der Waals surface area contributed by atoms with Crippen LogP contribution in [0, 0.1) is 27.7 Å². The molecule has 1 unspecified atom stereocenters. The molecule has 34 heavy (non-hydrogen) atoms. The largest absolute Gasteiger partial charge is 0.365 e. The summed E-state index contributed by atoms with van der Waals surface area (Å²) in [7, 11) is 0. The highest BCUT2D eigenvalue weighted by molar-refractivity contribution is 8.00. The first-order valence-electron chi connectivity index (χ1n) is 11.0. The molecule has 4 rings (SSSR count). The molecule has 2 amide bonds. The van der Waals surface area contributed by atoms with E-state index in [1.54, 1.807) is 0 Å². The standard InChI is InChI=1S/C27H27N3O2S2/c1-14-6-8-19(9-7-14)21-13-33-27(23(21)25(28)31)30-26(32)18(5)34-22-12-16(3)20-11-15(2)10-17(4)24(20)29-22/h6-13,18H,1-5H3,(H2,28,31)(H,30,32). The number of fused-ring (bicyclic) bond motifs is 1. The molecule has 4 aromatic rings. The lowest BCUT2D eigenvalue weighted by Gasteiger charge is -2.14. The molecule has 0 saturated heterocycles. The van der Waals surface area contributed by atoms with E-state index >= 15 is 0 Å². The number of nitrogens with zero attached hydrogens (tertiary/aromatic N) is 1. The number of aryl methyl sites for hydroxylation is 4. The summed E-state index contributed by atoms with van der Waals surface area (Å²) in [6.07, 6.45) is 0. The van der Waals surface area contributed by atoms with Crippen LogP contribution in [0.3, 0.4) is 0 Å². The maximum Gasteiger partial charge on any atom is 0.252 e. The zero-order valence-corrected chi connectivity index (χ0v) is 21.5. The van der Waals surface area contributed by atoms with Gasteiger partial charge in [-0.1, -0.05) is 53.2 Å². The van der Waals surface area contributed by atoms with Crippen molar-refractivity contribution < 1.29 is 9.59 Å². The molecule has 0 radical (unpaired) electrons. The lowest BCUT2D eigenvalue weighted by Crippen LogP contribution is -2.24. The molecule has 2 aromatic carbocycles. The number of hydrogen-bond acceptors (Lipinski definition) is 5. The molecule has 7 heteroatoms. The van der Waals surface area contributed by atoms with Gasteiger partial charge in [-0.2, -0.15) is 0 Å². The summed E-state index contributed by atoms with van der Waals surface area (Å²) in [5.41, 5.74) is 13.2. The average Bonchev–Trinajstić information content (AvgIpc) is 3.19. The van der Waals surface area contributed by atoms with Crippen molar-refractivity contribution in [2.75, 3.05) is 5.32 Å². The van der Waals surface area contributed by atoms with Crippen LogP contribution in [0.1, 0.15) is 39.5 Å². The molecule has 0 bridgehead atoms. The number of thioether (sulfide) groups is 1. The summed E-state index contributed by atoms with van der Waals surface area (Å²) in [5, 5.41) is 6.75. The molecule has 174 valence electrons. The number of pyridine rings is 1. The fourth-order valence-corrected chi connectivity index (χ4v) is 5.86. The van der Waals surface area contributed by atoms with Gasteiger partial charge < -0.3 is 11.1 Å². The van der Waals surface area contributed by atoms with Crippen LogP contribution in [0.5, 0.6) is 0 Å². The molecule has 0 spiro atoms. The molecular formula is C27H27N3O2S2. The van der Waals surface area contributed by atoms with Crippen molar-refractivity contribution in [3.63, 3.8) is 0 Å². The molecule has 0 aliphatic heterocycles. The Morgan fingerprint density at radius 1 is 1.00 bits per heavy atom. The van der Waals surface area contributed by atoms with Crippen molar-refractivity contribution >= 4 is 50.8 Å². The average molecular weight is 490 g/mol. The summed E-state index contributed by atoms with van der Waals surface area (Å²) in [5.74, 6) is -0.769. The second-order valence-electron chi connectivity index (χ2n) is 8.59. The Hall–Kier alpha value is -3.16. The smallest absolute Gasteiger partial charge is 0.252 e. The lowest BCUT2D eigenvalue weighted by molar-refractivity contribution is -0.115. The maximum atomic E-state index is 13.0. The van der Waals surface area contributed by atoms with E-state index in [1.807, 2.05) is 49.6 Å². The van der Waals surface area contributed by atoms with Gasteiger partial charge in [-0.25, -0.2) is 4.98 Å². The number of carbonyl (C=O) groups is 2. The van der Waals surface area contributed by atoms with E-state index in [2.05, 4.69) is 38.2 Å². The summed E-state index contributed by atoms with van der Waals surface area (Å²) in [4.78, 5) is 30.1. The van der Waals surface area contributed by atoms with Crippen LogP contribution in [0.2, 0.25) is 0 Å². The fraction of sp³-hybridized carbons (Fsp3) is 0.222. The number of hydrogen-bond donors (Lipinski definition) is 2. The SMILES string of the molecule is Cc1ccc(-c2csc(NC(=O)C(C)Sc3cc(C)c4cc(C)cc(C)c4n3)c2C(N)=O)cc1. The summed E-state index contributed by atoms with van der Waals surface area (Å²) >= 11 is 2.70. The van der Waals surface area contributed by atoms with E-state index in [4.69, 9.17) is 10.7 Å². The van der Waals surface area contributed by atoms with Gasteiger partial charge in [0.15, 0.2) is 0 Å². The first kappa shape index (κ1) is 24.0. The predicted molar refractivity (Wildman–Crippen MR) is 143 cm³/mol. The molecule has 3 N–H and O–H groups in total. The Kier molecular flexibility index (Phi) is 6.77. The Morgan fingerprint density at radius 3 is 2.38 bits per heavy atom. The number of rotatable bonds is 6. The van der Waals surface area contributed by atoms with Crippen LogP contribution in [0.25, 0.3) is 22.0 Å². The Labute approximate surface area is 207 Å². The van der Waals surface area contributed by atoms with Crippen molar-refractivity contribution in [2.24, 2.45) is 5.73 Å². The van der Waals surface area contributed by atoms with Crippen LogP contribution >= 0.6 is 23.1 Å². The summed E-state index contributed by atoms with van der Waals surface area (Å²) < 4.78 is 0. The van der Waals surface area contributed by atoms with Gasteiger partial charge in [0, 0.05) is 16.3 Å². The Morgan fingerprint density at radius 2 is 1.71 bits per heavy atom. The summed E-state index contributed by atoms with van der Waals surface area (Å²) in [6.45, 7) is 10.0. The molecule has 0 saturated carbocycles. The zero-order chi connectivity index (χ0) is 24.6. The van der Waals surface area contributed by atoms with Crippen LogP contribution in [0.4, 0.5) is 5.00 Å². The first-order chi connectivity index (χ1) is 16.1. The van der Waals surface area contributed by atoms with Crippen LogP contribution < -0.4 is 11.1 Å². The lowest BCUT2D eigenvalue weighted by atomic mass is 10.0. The van der Waals surface area contributed by atoms with Crippen molar-refractivity contribution in [1.29, 1.82) is 0 Å². The van der Waals surface area contributed by atoms with E-state index < -0.39 is 11.2 Å². The number of amides is 2. The normalized spacial score (nSPS) is 12.0. The Balaban J connectivity index is 1.56. The van der Waals surface area contributed by atoms with Gasteiger partial charge in [0.2, 0.25) is 5.91 Å². The molecule has 2 heterocycles. The third-order valence-corrected chi connectivity index (χ3v) is 7.65. The van der Waals surface area contributed by atoms with Crippen LogP contribution in [-0.4, -0.2) is 22.0 Å². The molecule has 1 atom stereocenters. The van der Waals surface area contributed by atoms with E-state index in [0.717, 1.165) is 43.7 Å². The minimum absolute atomic E-state index is 0.204. The Bertz CT molecular complexity index is 1410. The predicted octanol–water partition coefficient (Wildman–Crippen LogP) is 6.42. The first-order valence-corrected chi connectivity index (χ1v) is 12.7. The number of aromatic nitrogens is 1. The van der Waals surface area contributed by atoms with Crippen molar-refractivity contribution in [1.82, 2.24) is 4.98 Å². The van der Waals surface area contributed by atoms with Gasteiger partial charge in [-0.15, -0.1) is 11.3 Å². The minimum atomic E-state index is -0.565. The highest BCUT2D eigenvalue weighted by Crippen LogP contribution is 2.36. The van der Waals surface area contributed by atoms with Gasteiger partial charge in [-0.3, -0.25) is 9.59 Å². The number of primary amides is 1. The highest BCUT2D eigenvalue weighted by atomic mass is 32.2. The van der Waals surface area contributed by atoms with E-state index in [-0.39, 0.29) is 5.91 Å². The number of nitrogens with two attached hydrogens (primary N) is 1. The number of nitrogens with one attached hydrogen (secondary N) is 1. The van der Waals surface area contributed by atoms with E-state index in [9.17, 15) is 9.59 Å². The molecule has 0 aliphatic rings. The van der Waals surface area contributed by atoms with E-state index in [0.29, 0.717) is 10.6 Å². The summed E-state index contributed by atoms with van der Waals surface area (Å²) in [6, 6.07) is 14.1. The second kappa shape index (κ2) is 9.60. The minimum Gasteiger partial charge on any atom is -0.365 e. The third kappa shape index (κ3) is 4.86. The number of anilines is 1. The van der Waals surface area contributed by atoms with Crippen LogP contribution in [-0.2, 0) is 4.79 Å².